The first-order chi connectivity index (χ1) is 10.2. The third kappa shape index (κ3) is 2.35. The minimum Gasteiger partial charge on any atom is -0.478 e. The van der Waals surface area contributed by atoms with Gasteiger partial charge in [0, 0.05) is 29.8 Å². The molecule has 0 radical (unpaired) electrons. The summed E-state index contributed by atoms with van der Waals surface area (Å²) in [5.41, 5.74) is 2.38. The average molecular weight is 277 g/mol. The fourth-order valence-electron chi connectivity index (χ4n) is 2.38. The summed E-state index contributed by atoms with van der Waals surface area (Å²) in [7, 11) is 0. The molecule has 3 rings (SSSR count). The molecule has 0 fully saturated rings. The van der Waals surface area contributed by atoms with Crippen molar-refractivity contribution < 1.29 is 9.90 Å². The van der Waals surface area contributed by atoms with Gasteiger partial charge in [-0.15, -0.1) is 0 Å². The van der Waals surface area contributed by atoms with E-state index < -0.39 is 5.97 Å². The van der Waals surface area contributed by atoms with Gasteiger partial charge in [0.25, 0.3) is 0 Å². The fourth-order valence-corrected chi connectivity index (χ4v) is 2.38. The van der Waals surface area contributed by atoms with E-state index in [2.05, 4.69) is 4.98 Å². The largest absolute Gasteiger partial charge is 0.478 e. The van der Waals surface area contributed by atoms with Crippen molar-refractivity contribution in [3.63, 3.8) is 0 Å². The van der Waals surface area contributed by atoms with Crippen LogP contribution in [0.4, 0.5) is 0 Å². The zero-order valence-electron chi connectivity index (χ0n) is 11.0. The molecule has 0 aliphatic rings. The molecule has 21 heavy (non-hydrogen) atoms. The Hall–Kier alpha value is -3.13. The first kappa shape index (κ1) is 12.9. The number of para-hydroxylation sites is 1. The third-order valence-electron chi connectivity index (χ3n) is 3.31. The smallest absolute Gasteiger partial charge is 0.337 e. The van der Waals surface area contributed by atoms with Crippen LogP contribution in [0.2, 0.25) is 0 Å². The quantitative estimate of drug-likeness (QED) is 0.798. The number of nitrogens with zero attached hydrogens (tertiary/aromatic N) is 3. The second kappa shape index (κ2) is 5.10. The molecule has 102 valence electrons. The SMILES string of the molecule is N#Cc1cc(Cn2cc(C(=O)O)c3ccccc32)ccn1. The summed E-state index contributed by atoms with van der Waals surface area (Å²) in [5.74, 6) is -0.947. The molecule has 0 saturated heterocycles. The lowest BCUT2D eigenvalue weighted by Gasteiger charge is -2.05. The summed E-state index contributed by atoms with van der Waals surface area (Å²) < 4.78 is 1.87. The molecule has 0 amide bonds. The second-order valence-electron chi connectivity index (χ2n) is 4.65. The number of carboxylic acids is 1. The normalized spacial score (nSPS) is 10.4. The van der Waals surface area contributed by atoms with Gasteiger partial charge >= 0.3 is 5.97 Å². The highest BCUT2D eigenvalue weighted by atomic mass is 16.4. The van der Waals surface area contributed by atoms with Gasteiger partial charge in [0.2, 0.25) is 0 Å². The molecule has 1 N–H and O–H groups in total. The topological polar surface area (TPSA) is 78.9 Å². The highest BCUT2D eigenvalue weighted by molar-refractivity contribution is 6.03. The Balaban J connectivity index is 2.08. The van der Waals surface area contributed by atoms with Crippen molar-refractivity contribution in [3.8, 4) is 6.07 Å². The zero-order chi connectivity index (χ0) is 14.8. The molecule has 0 aliphatic heterocycles. The summed E-state index contributed by atoms with van der Waals surface area (Å²) >= 11 is 0. The van der Waals surface area contributed by atoms with Crippen molar-refractivity contribution in [2.45, 2.75) is 6.54 Å². The second-order valence-corrected chi connectivity index (χ2v) is 4.65. The molecule has 0 spiro atoms. The Morgan fingerprint density at radius 1 is 1.33 bits per heavy atom. The predicted molar refractivity (Wildman–Crippen MR) is 77.0 cm³/mol. The Morgan fingerprint density at radius 3 is 2.90 bits per heavy atom. The Labute approximate surface area is 120 Å². The van der Waals surface area contributed by atoms with Crippen molar-refractivity contribution in [2.75, 3.05) is 0 Å². The summed E-state index contributed by atoms with van der Waals surface area (Å²) in [6.45, 7) is 0.491. The van der Waals surface area contributed by atoms with Crippen LogP contribution >= 0.6 is 0 Å². The summed E-state index contributed by atoms with van der Waals surface area (Å²) in [6, 6.07) is 12.9. The van der Waals surface area contributed by atoms with E-state index in [9.17, 15) is 9.90 Å². The zero-order valence-corrected chi connectivity index (χ0v) is 11.0. The maximum Gasteiger partial charge on any atom is 0.337 e. The number of rotatable bonds is 3. The Bertz CT molecular complexity index is 875. The number of benzene rings is 1. The van der Waals surface area contributed by atoms with Crippen LogP contribution in [-0.4, -0.2) is 20.6 Å². The molecular formula is C16H11N3O2. The first-order valence-corrected chi connectivity index (χ1v) is 6.35. The molecule has 1 aromatic carbocycles. The molecule has 2 heterocycles. The molecule has 3 aromatic rings. The minimum atomic E-state index is -0.947. The molecule has 5 heteroatoms. The molecule has 0 atom stereocenters. The lowest BCUT2D eigenvalue weighted by Crippen LogP contribution is -1.99. The van der Waals surface area contributed by atoms with Gasteiger partial charge in [0.1, 0.15) is 11.8 Å². The number of aromatic carboxylic acids is 1. The Morgan fingerprint density at radius 2 is 2.14 bits per heavy atom. The fraction of sp³-hybridized carbons (Fsp3) is 0.0625. The highest BCUT2D eigenvalue weighted by Gasteiger charge is 2.13. The molecule has 0 saturated carbocycles. The maximum atomic E-state index is 11.3. The van der Waals surface area contributed by atoms with E-state index in [4.69, 9.17) is 5.26 Å². The number of nitriles is 1. The van der Waals surface area contributed by atoms with Gasteiger partial charge in [-0.2, -0.15) is 5.26 Å². The number of fused-ring (bicyclic) bond motifs is 1. The number of carbonyl (C=O) groups is 1. The van der Waals surface area contributed by atoms with Crippen LogP contribution < -0.4 is 0 Å². The number of pyridine rings is 1. The lowest BCUT2D eigenvalue weighted by molar-refractivity contribution is 0.0699. The van der Waals surface area contributed by atoms with Gasteiger partial charge in [0.05, 0.1) is 5.56 Å². The average Bonchev–Trinajstić information content (AvgIpc) is 2.87. The van der Waals surface area contributed by atoms with E-state index >= 15 is 0 Å². The first-order valence-electron chi connectivity index (χ1n) is 6.35. The summed E-state index contributed by atoms with van der Waals surface area (Å²) in [4.78, 5) is 15.2. The van der Waals surface area contributed by atoms with E-state index in [0.717, 1.165) is 11.1 Å². The maximum absolute atomic E-state index is 11.3. The van der Waals surface area contributed by atoms with Gasteiger partial charge in [-0.1, -0.05) is 18.2 Å². The minimum absolute atomic E-state index is 0.278. The van der Waals surface area contributed by atoms with Gasteiger partial charge in [-0.05, 0) is 23.8 Å². The van der Waals surface area contributed by atoms with Crippen LogP contribution in [0.3, 0.4) is 0 Å². The number of hydrogen-bond donors (Lipinski definition) is 1. The number of carboxylic acid groups (broad SMARTS) is 1. The molecule has 0 unspecified atom stereocenters. The van der Waals surface area contributed by atoms with E-state index in [1.807, 2.05) is 34.9 Å². The van der Waals surface area contributed by atoms with Crippen LogP contribution in [0, 0.1) is 11.3 Å². The highest BCUT2D eigenvalue weighted by Crippen LogP contribution is 2.22. The summed E-state index contributed by atoms with van der Waals surface area (Å²) in [6.07, 6.45) is 3.21. The van der Waals surface area contributed by atoms with E-state index in [1.165, 1.54) is 0 Å². The van der Waals surface area contributed by atoms with Crippen molar-refractivity contribution in [3.05, 3.63) is 65.6 Å². The molecular weight excluding hydrogens is 266 g/mol. The van der Waals surface area contributed by atoms with E-state index in [0.29, 0.717) is 17.6 Å². The van der Waals surface area contributed by atoms with Crippen LogP contribution in [0.1, 0.15) is 21.6 Å². The lowest BCUT2D eigenvalue weighted by atomic mass is 10.2. The van der Waals surface area contributed by atoms with Crippen LogP contribution in [0.5, 0.6) is 0 Å². The van der Waals surface area contributed by atoms with Crippen molar-refractivity contribution in [1.29, 1.82) is 5.26 Å². The molecule has 0 bridgehead atoms. The van der Waals surface area contributed by atoms with Gasteiger partial charge in [-0.3, -0.25) is 0 Å². The third-order valence-corrected chi connectivity index (χ3v) is 3.31. The van der Waals surface area contributed by atoms with Crippen LogP contribution in [-0.2, 0) is 6.54 Å². The molecule has 0 aliphatic carbocycles. The van der Waals surface area contributed by atoms with Crippen molar-refractivity contribution >= 4 is 16.9 Å². The van der Waals surface area contributed by atoms with Gasteiger partial charge < -0.3 is 9.67 Å². The van der Waals surface area contributed by atoms with Gasteiger partial charge in [-0.25, -0.2) is 9.78 Å². The number of aromatic nitrogens is 2. The van der Waals surface area contributed by atoms with E-state index in [1.54, 1.807) is 24.5 Å². The van der Waals surface area contributed by atoms with Crippen LogP contribution in [0.25, 0.3) is 10.9 Å². The standard InChI is InChI=1S/C16H11N3O2/c17-8-12-7-11(5-6-18-12)9-19-10-14(16(20)21)13-3-1-2-4-15(13)19/h1-7,10H,9H2,(H,20,21). The van der Waals surface area contributed by atoms with Crippen molar-refractivity contribution in [1.82, 2.24) is 9.55 Å². The van der Waals surface area contributed by atoms with Crippen LogP contribution in [0.15, 0.2) is 48.8 Å². The number of hydrogen-bond acceptors (Lipinski definition) is 3. The van der Waals surface area contributed by atoms with Gasteiger partial charge in [0.15, 0.2) is 0 Å². The molecule has 2 aromatic heterocycles. The summed E-state index contributed by atoms with van der Waals surface area (Å²) in [5, 5.41) is 18.9. The van der Waals surface area contributed by atoms with Crippen molar-refractivity contribution in [2.24, 2.45) is 0 Å². The monoisotopic (exact) mass is 277 g/mol. The van der Waals surface area contributed by atoms with E-state index in [-0.39, 0.29) is 5.56 Å². The predicted octanol–water partition coefficient (Wildman–Crippen LogP) is 2.65. The Kier molecular flexibility index (Phi) is 3.13. The molecule has 5 nitrogen and oxygen atoms in total.